The van der Waals surface area contributed by atoms with Crippen molar-refractivity contribution in [1.29, 1.82) is 0 Å². The second-order valence-corrected chi connectivity index (χ2v) is 3.26. The van der Waals surface area contributed by atoms with Crippen LogP contribution in [-0.2, 0) is 0 Å². The Morgan fingerprint density at radius 2 is 2.21 bits per heavy atom. The summed E-state index contributed by atoms with van der Waals surface area (Å²) in [6, 6.07) is 3.94. The van der Waals surface area contributed by atoms with E-state index in [1.165, 1.54) is 0 Å². The predicted octanol–water partition coefficient (Wildman–Crippen LogP) is 1.39. The molecule has 0 bridgehead atoms. The van der Waals surface area contributed by atoms with Gasteiger partial charge >= 0.3 is 0 Å². The van der Waals surface area contributed by atoms with Crippen LogP contribution in [0.4, 0.5) is 11.5 Å². The first kappa shape index (κ1) is 7.32. The molecular weight excluding hydrogens is 176 g/mol. The van der Waals surface area contributed by atoms with Crippen LogP contribution < -0.4 is 5.73 Å². The number of H-pyrrole nitrogens is 1. The van der Waals surface area contributed by atoms with Crippen molar-refractivity contribution in [2.75, 3.05) is 5.73 Å². The van der Waals surface area contributed by atoms with E-state index in [1.54, 1.807) is 6.20 Å². The first-order valence-corrected chi connectivity index (χ1v) is 4.37. The van der Waals surface area contributed by atoms with Crippen LogP contribution in [0.3, 0.4) is 0 Å². The molecule has 3 N–H and O–H groups in total. The number of nitrogens with two attached hydrogens (primary N) is 1. The smallest absolute Gasteiger partial charge is 0.286 e. The normalized spacial score (nSPS) is 14.1. The predicted molar refractivity (Wildman–Crippen MR) is 55.6 cm³/mol. The third kappa shape index (κ3) is 0.939. The minimum Gasteiger partial charge on any atom is -0.397 e. The molecule has 2 aromatic heterocycles. The Bertz CT molecular complexity index is 563. The first-order valence-electron chi connectivity index (χ1n) is 4.37. The van der Waals surface area contributed by atoms with Crippen molar-refractivity contribution >= 4 is 28.8 Å². The number of aromatic amines is 1. The zero-order chi connectivity index (χ0) is 9.54. The van der Waals surface area contributed by atoms with Gasteiger partial charge in [-0.3, -0.25) is 0 Å². The third-order valence-corrected chi connectivity index (χ3v) is 2.25. The van der Waals surface area contributed by atoms with Gasteiger partial charge in [0, 0.05) is 12.1 Å². The van der Waals surface area contributed by atoms with E-state index < -0.39 is 0 Å². The average molecular weight is 185 g/mol. The minimum atomic E-state index is 0.686. The van der Waals surface area contributed by atoms with Gasteiger partial charge in [-0.1, -0.05) is 0 Å². The van der Waals surface area contributed by atoms with Crippen LogP contribution in [-0.4, -0.2) is 20.8 Å². The summed E-state index contributed by atoms with van der Waals surface area (Å²) in [5.41, 5.74) is 7.19. The number of aromatic nitrogens is 2. The SMILES string of the molecule is Nc1cnc2[nH]c([N+]3=CC=C3)cc2c1. The number of pyridine rings is 1. The first-order chi connectivity index (χ1) is 6.83. The quantitative estimate of drug-likeness (QED) is 0.659. The Morgan fingerprint density at radius 3 is 2.93 bits per heavy atom. The van der Waals surface area contributed by atoms with Crippen LogP contribution in [0.25, 0.3) is 11.0 Å². The molecule has 2 aromatic rings. The number of nitrogens with zero attached hydrogens (tertiary/aromatic N) is 2. The highest BCUT2D eigenvalue weighted by Crippen LogP contribution is 2.21. The molecule has 0 spiro atoms. The summed E-state index contributed by atoms with van der Waals surface area (Å²) >= 11 is 0. The number of allylic oxidation sites excluding steroid dienone is 1. The molecular formula is C10H9N4+. The molecule has 1 aliphatic heterocycles. The second kappa shape index (κ2) is 2.45. The number of nitrogens with one attached hydrogen (secondary N) is 1. The number of hydrogen-bond acceptors (Lipinski definition) is 2. The van der Waals surface area contributed by atoms with Gasteiger partial charge < -0.3 is 5.73 Å². The summed E-state index contributed by atoms with van der Waals surface area (Å²) in [6.45, 7) is 0. The van der Waals surface area contributed by atoms with Gasteiger partial charge in [0.25, 0.3) is 5.82 Å². The van der Waals surface area contributed by atoms with Gasteiger partial charge in [0.15, 0.2) is 0 Å². The molecule has 14 heavy (non-hydrogen) atoms. The van der Waals surface area contributed by atoms with Crippen molar-refractivity contribution in [1.82, 2.24) is 9.97 Å². The Hall–Kier alpha value is -2.10. The molecule has 0 atom stereocenters. The Morgan fingerprint density at radius 1 is 1.36 bits per heavy atom. The summed E-state index contributed by atoms with van der Waals surface area (Å²) in [6.07, 6.45) is 7.59. The van der Waals surface area contributed by atoms with Crippen molar-refractivity contribution in [3.05, 3.63) is 30.6 Å². The van der Waals surface area contributed by atoms with Crippen LogP contribution in [0, 0.1) is 0 Å². The van der Waals surface area contributed by atoms with Gasteiger partial charge in [0.1, 0.15) is 0 Å². The molecule has 68 valence electrons. The number of nitrogen functional groups attached to an aromatic ring is 1. The zero-order valence-corrected chi connectivity index (χ0v) is 7.44. The molecule has 0 unspecified atom stereocenters. The third-order valence-electron chi connectivity index (χ3n) is 2.25. The van der Waals surface area contributed by atoms with Gasteiger partial charge in [-0.25, -0.2) is 14.5 Å². The van der Waals surface area contributed by atoms with Crippen LogP contribution in [0.2, 0.25) is 0 Å². The van der Waals surface area contributed by atoms with Gasteiger partial charge in [0.2, 0.25) is 5.65 Å². The van der Waals surface area contributed by atoms with E-state index in [-0.39, 0.29) is 0 Å². The fourth-order valence-corrected chi connectivity index (χ4v) is 1.49. The van der Waals surface area contributed by atoms with Crippen molar-refractivity contribution in [3.63, 3.8) is 0 Å². The van der Waals surface area contributed by atoms with Crippen molar-refractivity contribution in [2.45, 2.75) is 0 Å². The highest BCUT2D eigenvalue weighted by molar-refractivity contribution is 5.82. The number of fused-ring (bicyclic) bond motifs is 1. The van der Waals surface area contributed by atoms with E-state index in [9.17, 15) is 0 Å². The van der Waals surface area contributed by atoms with E-state index in [4.69, 9.17) is 5.73 Å². The standard InChI is InChI=1S/C10H9N4/c11-8-4-7-5-9(14-2-1-3-14)13-10(7)12-6-8/h1-6H,11H2,(H,12,13)/q+1. The van der Waals surface area contributed by atoms with Crippen LogP contribution in [0.15, 0.2) is 30.6 Å². The molecule has 1 aliphatic rings. The second-order valence-electron chi connectivity index (χ2n) is 3.26. The maximum absolute atomic E-state index is 5.64. The van der Waals surface area contributed by atoms with E-state index in [1.807, 2.05) is 35.2 Å². The van der Waals surface area contributed by atoms with Gasteiger partial charge in [-0.05, 0) is 6.07 Å². The molecule has 0 aromatic carbocycles. The fourth-order valence-electron chi connectivity index (χ4n) is 1.49. The highest BCUT2D eigenvalue weighted by Gasteiger charge is 2.13. The maximum Gasteiger partial charge on any atom is 0.286 e. The van der Waals surface area contributed by atoms with E-state index in [0.29, 0.717) is 5.69 Å². The maximum atomic E-state index is 5.64. The van der Waals surface area contributed by atoms with Crippen molar-refractivity contribution in [3.8, 4) is 0 Å². The summed E-state index contributed by atoms with van der Waals surface area (Å²) in [5, 5.41) is 1.04. The lowest BCUT2D eigenvalue weighted by Crippen LogP contribution is -2.04. The lowest BCUT2D eigenvalue weighted by Gasteiger charge is -1.98. The van der Waals surface area contributed by atoms with Gasteiger partial charge in [-0.15, -0.1) is 0 Å². The van der Waals surface area contributed by atoms with Gasteiger partial charge in [-0.2, -0.15) is 0 Å². The number of hydrogen-bond donors (Lipinski definition) is 2. The molecule has 0 aliphatic carbocycles. The Labute approximate surface area is 80.4 Å². The minimum absolute atomic E-state index is 0.686. The van der Waals surface area contributed by atoms with E-state index >= 15 is 0 Å². The lowest BCUT2D eigenvalue weighted by atomic mass is 10.3. The number of anilines is 1. The zero-order valence-electron chi connectivity index (χ0n) is 7.44. The van der Waals surface area contributed by atoms with Crippen LogP contribution in [0.1, 0.15) is 0 Å². The number of rotatable bonds is 1. The monoisotopic (exact) mass is 185 g/mol. The molecule has 4 nitrogen and oxygen atoms in total. The van der Waals surface area contributed by atoms with E-state index in [2.05, 4.69) is 9.97 Å². The molecule has 0 saturated carbocycles. The molecule has 0 amide bonds. The molecule has 0 fully saturated rings. The lowest BCUT2D eigenvalue weighted by molar-refractivity contribution is -0.369. The molecule has 3 rings (SSSR count). The summed E-state index contributed by atoms with van der Waals surface area (Å²) < 4.78 is 2.00. The Balaban J connectivity index is 2.20. The Kier molecular flexibility index (Phi) is 1.28. The summed E-state index contributed by atoms with van der Waals surface area (Å²) in [4.78, 5) is 7.40. The van der Waals surface area contributed by atoms with Crippen molar-refractivity contribution < 1.29 is 4.58 Å². The molecule has 0 saturated heterocycles. The summed E-state index contributed by atoms with van der Waals surface area (Å²) in [5.74, 6) is 1.01. The fraction of sp³-hybridized carbons (Fsp3) is 0. The van der Waals surface area contributed by atoms with Gasteiger partial charge in [0.05, 0.1) is 29.7 Å². The topological polar surface area (TPSA) is 57.7 Å². The van der Waals surface area contributed by atoms with E-state index in [0.717, 1.165) is 16.9 Å². The van der Waals surface area contributed by atoms with Crippen LogP contribution in [0.5, 0.6) is 0 Å². The summed E-state index contributed by atoms with van der Waals surface area (Å²) in [7, 11) is 0. The van der Waals surface area contributed by atoms with Crippen LogP contribution >= 0.6 is 0 Å². The highest BCUT2D eigenvalue weighted by atomic mass is 15.1. The molecule has 3 heterocycles. The largest absolute Gasteiger partial charge is 0.397 e. The van der Waals surface area contributed by atoms with Crippen molar-refractivity contribution in [2.24, 2.45) is 0 Å². The average Bonchev–Trinajstić information content (AvgIpc) is 2.43. The molecule has 0 radical (unpaired) electrons. The molecule has 4 heteroatoms.